The number of carbonyl (C=O) groups excluding carboxylic acids is 1. The molecule has 2 aromatic carbocycles. The van der Waals surface area contributed by atoms with Gasteiger partial charge >= 0.3 is 12.0 Å². The first-order chi connectivity index (χ1) is 11.0. The van der Waals surface area contributed by atoms with E-state index in [9.17, 15) is 14.7 Å². The molecule has 1 atom stereocenters. The molecular weight excluding hydrogens is 296 g/mol. The highest BCUT2D eigenvalue weighted by Gasteiger charge is 2.22. The molecule has 2 amide bonds. The van der Waals surface area contributed by atoms with Crippen LogP contribution in [0.2, 0.25) is 0 Å². The molecule has 0 aliphatic carbocycles. The van der Waals surface area contributed by atoms with Gasteiger partial charge in [-0.2, -0.15) is 0 Å². The van der Waals surface area contributed by atoms with Crippen LogP contribution in [0.5, 0.6) is 5.75 Å². The Morgan fingerprint density at radius 3 is 2.52 bits per heavy atom. The van der Waals surface area contributed by atoms with Crippen LogP contribution in [0, 0.1) is 6.92 Å². The topological polar surface area (TPSA) is 87.7 Å². The van der Waals surface area contributed by atoms with E-state index in [0.29, 0.717) is 17.0 Å². The van der Waals surface area contributed by atoms with Gasteiger partial charge in [0.1, 0.15) is 5.75 Å². The fourth-order valence-electron chi connectivity index (χ4n) is 2.17. The van der Waals surface area contributed by atoms with Crippen LogP contribution in [0.3, 0.4) is 0 Å². The average Bonchev–Trinajstić information content (AvgIpc) is 2.53. The van der Waals surface area contributed by atoms with Crippen LogP contribution < -0.4 is 15.4 Å². The van der Waals surface area contributed by atoms with Crippen molar-refractivity contribution >= 4 is 17.7 Å². The Hall–Kier alpha value is -3.02. The molecule has 120 valence electrons. The Morgan fingerprint density at radius 2 is 1.87 bits per heavy atom. The van der Waals surface area contributed by atoms with Crippen molar-refractivity contribution in [1.29, 1.82) is 0 Å². The zero-order valence-corrected chi connectivity index (χ0v) is 12.9. The summed E-state index contributed by atoms with van der Waals surface area (Å²) in [5, 5.41) is 14.4. The second-order valence-electron chi connectivity index (χ2n) is 4.98. The third-order valence-electron chi connectivity index (χ3n) is 3.25. The molecule has 23 heavy (non-hydrogen) atoms. The third-order valence-corrected chi connectivity index (χ3v) is 3.25. The van der Waals surface area contributed by atoms with Gasteiger partial charge in [0, 0.05) is 0 Å². The number of ether oxygens (including phenoxy) is 1. The summed E-state index contributed by atoms with van der Waals surface area (Å²) in [6.45, 7) is 1.86. The number of aliphatic carboxylic acids is 1. The fraction of sp³-hybridized carbons (Fsp3) is 0.176. The van der Waals surface area contributed by atoms with Crippen molar-refractivity contribution in [3.05, 3.63) is 59.7 Å². The molecule has 0 aliphatic heterocycles. The molecule has 0 aromatic heterocycles. The summed E-state index contributed by atoms with van der Waals surface area (Å²) in [5.74, 6) is -0.643. The van der Waals surface area contributed by atoms with Crippen molar-refractivity contribution in [2.45, 2.75) is 13.0 Å². The second kappa shape index (κ2) is 7.31. The number of urea groups is 1. The lowest BCUT2D eigenvalue weighted by Gasteiger charge is -2.17. The van der Waals surface area contributed by atoms with E-state index in [4.69, 9.17) is 4.74 Å². The SMILES string of the molecule is COc1ccccc1NC(=O)NC(C(=O)O)c1cccc(C)c1. The largest absolute Gasteiger partial charge is 0.495 e. The smallest absolute Gasteiger partial charge is 0.330 e. The molecule has 0 spiro atoms. The molecule has 0 heterocycles. The summed E-state index contributed by atoms with van der Waals surface area (Å²) >= 11 is 0. The highest BCUT2D eigenvalue weighted by atomic mass is 16.5. The van der Waals surface area contributed by atoms with Crippen LogP contribution in [0.25, 0.3) is 0 Å². The number of carbonyl (C=O) groups is 2. The van der Waals surface area contributed by atoms with Crippen LogP contribution in [0.4, 0.5) is 10.5 Å². The number of rotatable bonds is 5. The van der Waals surface area contributed by atoms with Crippen molar-refractivity contribution in [3.63, 3.8) is 0 Å². The van der Waals surface area contributed by atoms with E-state index in [1.54, 1.807) is 42.5 Å². The van der Waals surface area contributed by atoms with Crippen LogP contribution in [0.1, 0.15) is 17.2 Å². The molecule has 0 fully saturated rings. The lowest BCUT2D eigenvalue weighted by atomic mass is 10.0. The van der Waals surface area contributed by atoms with Crippen molar-refractivity contribution in [3.8, 4) is 5.75 Å². The van der Waals surface area contributed by atoms with E-state index in [1.165, 1.54) is 7.11 Å². The number of aryl methyl sites for hydroxylation is 1. The van der Waals surface area contributed by atoms with Gasteiger partial charge in [0.2, 0.25) is 0 Å². The lowest BCUT2D eigenvalue weighted by molar-refractivity contribution is -0.139. The Bertz CT molecular complexity index is 715. The number of carboxylic acid groups (broad SMARTS) is 1. The van der Waals surface area contributed by atoms with Gasteiger partial charge in [-0.3, -0.25) is 0 Å². The summed E-state index contributed by atoms with van der Waals surface area (Å²) in [4.78, 5) is 23.6. The Labute approximate surface area is 134 Å². The zero-order chi connectivity index (χ0) is 16.8. The minimum absolute atomic E-state index is 0.459. The summed E-state index contributed by atoms with van der Waals surface area (Å²) in [7, 11) is 1.49. The number of methoxy groups -OCH3 is 1. The molecular formula is C17H18N2O4. The Kier molecular flexibility index (Phi) is 5.19. The third kappa shape index (κ3) is 4.23. The quantitative estimate of drug-likeness (QED) is 0.792. The van der Waals surface area contributed by atoms with Gasteiger partial charge in [0.25, 0.3) is 0 Å². The molecule has 2 rings (SSSR count). The molecule has 3 N–H and O–H groups in total. The van der Waals surface area contributed by atoms with E-state index in [-0.39, 0.29) is 0 Å². The minimum Gasteiger partial charge on any atom is -0.495 e. The van der Waals surface area contributed by atoms with E-state index in [1.807, 2.05) is 13.0 Å². The maximum Gasteiger partial charge on any atom is 0.330 e. The highest BCUT2D eigenvalue weighted by molar-refractivity contribution is 5.93. The van der Waals surface area contributed by atoms with Gasteiger partial charge in [-0.05, 0) is 24.6 Å². The van der Waals surface area contributed by atoms with Gasteiger partial charge in [-0.25, -0.2) is 9.59 Å². The summed E-state index contributed by atoms with van der Waals surface area (Å²) < 4.78 is 5.14. The molecule has 6 heteroatoms. The molecule has 0 saturated carbocycles. The second-order valence-corrected chi connectivity index (χ2v) is 4.98. The van der Waals surface area contributed by atoms with E-state index >= 15 is 0 Å². The van der Waals surface area contributed by atoms with Gasteiger partial charge < -0.3 is 20.5 Å². The van der Waals surface area contributed by atoms with E-state index < -0.39 is 18.0 Å². The Balaban J connectivity index is 2.14. The number of para-hydroxylation sites is 2. The molecule has 1 unspecified atom stereocenters. The first-order valence-electron chi connectivity index (χ1n) is 7.01. The van der Waals surface area contributed by atoms with Gasteiger partial charge in [0.05, 0.1) is 12.8 Å². The number of anilines is 1. The van der Waals surface area contributed by atoms with Crippen LogP contribution in [-0.4, -0.2) is 24.2 Å². The van der Waals surface area contributed by atoms with Gasteiger partial charge in [0.15, 0.2) is 6.04 Å². The molecule has 0 aliphatic rings. The van der Waals surface area contributed by atoms with Crippen molar-refractivity contribution < 1.29 is 19.4 Å². The van der Waals surface area contributed by atoms with Gasteiger partial charge in [-0.15, -0.1) is 0 Å². The van der Waals surface area contributed by atoms with Crippen molar-refractivity contribution in [2.75, 3.05) is 12.4 Å². The normalized spacial score (nSPS) is 11.4. The first-order valence-corrected chi connectivity index (χ1v) is 7.01. The Morgan fingerprint density at radius 1 is 1.13 bits per heavy atom. The maximum absolute atomic E-state index is 12.1. The standard InChI is InChI=1S/C17H18N2O4/c1-11-6-5-7-12(10-11)15(16(20)21)19-17(22)18-13-8-3-4-9-14(13)23-2/h3-10,15H,1-2H3,(H,20,21)(H2,18,19,22). The summed E-state index contributed by atoms with van der Waals surface area (Å²) in [6, 6.07) is 12.1. The summed E-state index contributed by atoms with van der Waals surface area (Å²) in [6.07, 6.45) is 0. The monoisotopic (exact) mass is 314 g/mol. The highest BCUT2D eigenvalue weighted by Crippen LogP contribution is 2.23. The fourth-order valence-corrected chi connectivity index (χ4v) is 2.17. The number of hydrogen-bond donors (Lipinski definition) is 3. The molecule has 6 nitrogen and oxygen atoms in total. The van der Waals surface area contributed by atoms with Gasteiger partial charge in [-0.1, -0.05) is 42.0 Å². The number of carboxylic acids is 1. The molecule has 0 radical (unpaired) electrons. The van der Waals surface area contributed by atoms with E-state index in [2.05, 4.69) is 10.6 Å². The molecule has 0 saturated heterocycles. The predicted octanol–water partition coefficient (Wildman–Crippen LogP) is 2.95. The number of benzene rings is 2. The molecule has 0 bridgehead atoms. The predicted molar refractivity (Wildman–Crippen MR) is 86.7 cm³/mol. The molecule has 2 aromatic rings. The first kappa shape index (κ1) is 16.4. The summed E-state index contributed by atoms with van der Waals surface area (Å²) in [5.41, 5.74) is 1.88. The van der Waals surface area contributed by atoms with Crippen LogP contribution >= 0.6 is 0 Å². The number of nitrogens with one attached hydrogen (secondary N) is 2. The van der Waals surface area contributed by atoms with Crippen LogP contribution in [0.15, 0.2) is 48.5 Å². The van der Waals surface area contributed by atoms with Crippen LogP contribution in [-0.2, 0) is 4.79 Å². The number of hydrogen-bond acceptors (Lipinski definition) is 3. The zero-order valence-electron chi connectivity index (χ0n) is 12.9. The lowest BCUT2D eigenvalue weighted by Crippen LogP contribution is -2.36. The van der Waals surface area contributed by atoms with E-state index in [0.717, 1.165) is 5.56 Å². The minimum atomic E-state index is -1.13. The van der Waals surface area contributed by atoms with Crippen molar-refractivity contribution in [1.82, 2.24) is 5.32 Å². The maximum atomic E-state index is 12.1. The number of amides is 2. The van der Waals surface area contributed by atoms with Crippen molar-refractivity contribution in [2.24, 2.45) is 0 Å². The average molecular weight is 314 g/mol.